The van der Waals surface area contributed by atoms with Crippen molar-refractivity contribution in [3.8, 4) is 5.88 Å². The molecule has 90 valence electrons. The molecule has 1 aromatic rings. The summed E-state index contributed by atoms with van der Waals surface area (Å²) in [6, 6.07) is 6.41. The molecule has 0 aromatic carbocycles. The minimum Gasteiger partial charge on any atom is -0.478 e. The molecule has 0 fully saturated rings. The predicted molar refractivity (Wildman–Crippen MR) is 66.9 cm³/mol. The van der Waals surface area contributed by atoms with Gasteiger partial charge in [-0.25, -0.2) is 4.98 Å². The van der Waals surface area contributed by atoms with E-state index in [4.69, 9.17) is 4.74 Å². The number of rotatable bonds is 7. The first-order chi connectivity index (χ1) is 7.76. The van der Waals surface area contributed by atoms with E-state index in [-0.39, 0.29) is 0 Å². The van der Waals surface area contributed by atoms with Crippen molar-refractivity contribution in [3.63, 3.8) is 0 Å². The fourth-order valence-electron chi connectivity index (χ4n) is 1.58. The number of nitrogens with zero attached hydrogens (tertiary/aromatic N) is 1. The SMILES string of the molecule is CCCNC(C)Cc1cccc(OCC)n1. The molecule has 3 nitrogen and oxygen atoms in total. The Morgan fingerprint density at radius 3 is 2.88 bits per heavy atom. The Bertz CT molecular complexity index is 302. The molecule has 0 aliphatic rings. The van der Waals surface area contributed by atoms with Crippen LogP contribution in [0.1, 0.15) is 32.9 Å². The van der Waals surface area contributed by atoms with Crippen molar-refractivity contribution in [2.45, 2.75) is 39.7 Å². The van der Waals surface area contributed by atoms with Crippen molar-refractivity contribution in [2.75, 3.05) is 13.2 Å². The summed E-state index contributed by atoms with van der Waals surface area (Å²) in [4.78, 5) is 4.45. The second-order valence-electron chi connectivity index (χ2n) is 3.96. The number of nitrogens with one attached hydrogen (secondary N) is 1. The lowest BCUT2D eigenvalue weighted by Gasteiger charge is -2.13. The van der Waals surface area contributed by atoms with Gasteiger partial charge < -0.3 is 10.1 Å². The summed E-state index contributed by atoms with van der Waals surface area (Å²) in [5.74, 6) is 0.725. The molecule has 1 N–H and O–H groups in total. The van der Waals surface area contributed by atoms with E-state index in [2.05, 4.69) is 24.1 Å². The monoisotopic (exact) mass is 222 g/mol. The minimum absolute atomic E-state index is 0.462. The molecule has 0 spiro atoms. The van der Waals surface area contributed by atoms with Crippen LogP contribution < -0.4 is 10.1 Å². The highest BCUT2D eigenvalue weighted by Gasteiger charge is 2.04. The summed E-state index contributed by atoms with van der Waals surface area (Å²) in [5, 5.41) is 3.45. The average molecular weight is 222 g/mol. The molecule has 1 heterocycles. The molecule has 0 saturated heterocycles. The van der Waals surface area contributed by atoms with E-state index in [9.17, 15) is 0 Å². The molecular weight excluding hydrogens is 200 g/mol. The summed E-state index contributed by atoms with van der Waals surface area (Å²) >= 11 is 0. The molecule has 0 amide bonds. The fourth-order valence-corrected chi connectivity index (χ4v) is 1.58. The van der Waals surface area contributed by atoms with Gasteiger partial charge in [-0.3, -0.25) is 0 Å². The lowest BCUT2D eigenvalue weighted by Crippen LogP contribution is -2.28. The van der Waals surface area contributed by atoms with Gasteiger partial charge in [0.2, 0.25) is 5.88 Å². The lowest BCUT2D eigenvalue weighted by atomic mass is 10.1. The third-order valence-corrected chi connectivity index (χ3v) is 2.33. The first-order valence-electron chi connectivity index (χ1n) is 6.08. The second kappa shape index (κ2) is 7.23. The van der Waals surface area contributed by atoms with Gasteiger partial charge in [-0.1, -0.05) is 13.0 Å². The van der Waals surface area contributed by atoms with Crippen molar-refractivity contribution in [3.05, 3.63) is 23.9 Å². The van der Waals surface area contributed by atoms with Crippen molar-refractivity contribution in [1.29, 1.82) is 0 Å². The predicted octanol–water partition coefficient (Wildman–Crippen LogP) is 2.41. The van der Waals surface area contributed by atoms with Gasteiger partial charge in [-0.2, -0.15) is 0 Å². The minimum atomic E-state index is 0.462. The zero-order chi connectivity index (χ0) is 11.8. The Morgan fingerprint density at radius 2 is 2.19 bits per heavy atom. The Labute approximate surface area is 98.2 Å². The summed E-state index contributed by atoms with van der Waals surface area (Å²) in [5.41, 5.74) is 1.09. The van der Waals surface area contributed by atoms with Gasteiger partial charge in [0, 0.05) is 24.2 Å². The first-order valence-corrected chi connectivity index (χ1v) is 6.08. The van der Waals surface area contributed by atoms with Gasteiger partial charge in [0.1, 0.15) is 0 Å². The Morgan fingerprint density at radius 1 is 1.38 bits per heavy atom. The molecule has 16 heavy (non-hydrogen) atoms. The first kappa shape index (κ1) is 13.0. The van der Waals surface area contributed by atoms with Crippen molar-refractivity contribution >= 4 is 0 Å². The maximum absolute atomic E-state index is 5.38. The molecule has 0 radical (unpaired) electrons. The molecule has 0 bridgehead atoms. The van der Waals surface area contributed by atoms with Gasteiger partial charge in [0.25, 0.3) is 0 Å². The van der Waals surface area contributed by atoms with Gasteiger partial charge >= 0.3 is 0 Å². The topological polar surface area (TPSA) is 34.1 Å². The largest absolute Gasteiger partial charge is 0.478 e. The average Bonchev–Trinajstić information content (AvgIpc) is 2.27. The molecular formula is C13H22N2O. The molecule has 1 unspecified atom stereocenters. The number of hydrogen-bond acceptors (Lipinski definition) is 3. The Balaban J connectivity index is 2.49. The van der Waals surface area contributed by atoms with E-state index < -0.39 is 0 Å². The number of pyridine rings is 1. The van der Waals surface area contributed by atoms with E-state index in [1.54, 1.807) is 0 Å². The number of ether oxygens (including phenoxy) is 1. The second-order valence-corrected chi connectivity index (χ2v) is 3.96. The standard InChI is InChI=1S/C13H22N2O/c1-4-9-14-11(3)10-12-7-6-8-13(15-12)16-5-2/h6-8,11,14H,4-5,9-10H2,1-3H3. The highest BCUT2D eigenvalue weighted by molar-refractivity contribution is 5.16. The molecule has 1 rings (SSSR count). The molecule has 0 saturated carbocycles. The van der Waals surface area contributed by atoms with Gasteiger partial charge in [0.15, 0.2) is 0 Å². The van der Waals surface area contributed by atoms with Crippen LogP contribution in [0.5, 0.6) is 5.88 Å². The number of hydrogen-bond donors (Lipinski definition) is 1. The summed E-state index contributed by atoms with van der Waals surface area (Å²) in [6.45, 7) is 8.06. The van der Waals surface area contributed by atoms with Crippen LogP contribution in [0, 0.1) is 0 Å². The van der Waals surface area contributed by atoms with E-state index in [0.717, 1.165) is 31.0 Å². The van der Waals surface area contributed by atoms with Crippen LogP contribution >= 0.6 is 0 Å². The number of aromatic nitrogens is 1. The van der Waals surface area contributed by atoms with Gasteiger partial charge in [-0.05, 0) is 32.9 Å². The highest BCUT2D eigenvalue weighted by atomic mass is 16.5. The van der Waals surface area contributed by atoms with E-state index >= 15 is 0 Å². The fraction of sp³-hybridized carbons (Fsp3) is 0.615. The maximum Gasteiger partial charge on any atom is 0.213 e. The lowest BCUT2D eigenvalue weighted by molar-refractivity contribution is 0.325. The summed E-state index contributed by atoms with van der Waals surface area (Å²) in [6.07, 6.45) is 2.11. The van der Waals surface area contributed by atoms with Crippen LogP contribution in [-0.2, 0) is 6.42 Å². The quantitative estimate of drug-likeness (QED) is 0.769. The third kappa shape index (κ3) is 4.62. The van der Waals surface area contributed by atoms with Gasteiger partial charge in [-0.15, -0.1) is 0 Å². The summed E-state index contributed by atoms with van der Waals surface area (Å²) in [7, 11) is 0. The van der Waals surface area contributed by atoms with Crippen LogP contribution in [0.3, 0.4) is 0 Å². The highest BCUT2D eigenvalue weighted by Crippen LogP contribution is 2.09. The zero-order valence-electron chi connectivity index (χ0n) is 10.5. The normalized spacial score (nSPS) is 12.4. The molecule has 0 aliphatic carbocycles. The van der Waals surface area contributed by atoms with E-state index in [0.29, 0.717) is 12.6 Å². The molecule has 1 atom stereocenters. The Hall–Kier alpha value is -1.09. The Kier molecular flexibility index (Phi) is 5.86. The smallest absolute Gasteiger partial charge is 0.213 e. The molecule has 0 aliphatic heterocycles. The van der Waals surface area contributed by atoms with Crippen molar-refractivity contribution in [2.24, 2.45) is 0 Å². The third-order valence-electron chi connectivity index (χ3n) is 2.33. The van der Waals surface area contributed by atoms with Crippen LogP contribution in [-0.4, -0.2) is 24.2 Å². The van der Waals surface area contributed by atoms with Crippen molar-refractivity contribution in [1.82, 2.24) is 10.3 Å². The maximum atomic E-state index is 5.38. The van der Waals surface area contributed by atoms with E-state index in [1.807, 2.05) is 25.1 Å². The van der Waals surface area contributed by atoms with Crippen LogP contribution in [0.2, 0.25) is 0 Å². The van der Waals surface area contributed by atoms with Crippen LogP contribution in [0.4, 0.5) is 0 Å². The van der Waals surface area contributed by atoms with Crippen LogP contribution in [0.15, 0.2) is 18.2 Å². The zero-order valence-corrected chi connectivity index (χ0v) is 10.5. The molecule has 1 aromatic heterocycles. The van der Waals surface area contributed by atoms with Crippen molar-refractivity contribution < 1.29 is 4.74 Å². The van der Waals surface area contributed by atoms with Crippen LogP contribution in [0.25, 0.3) is 0 Å². The summed E-state index contributed by atoms with van der Waals surface area (Å²) < 4.78 is 5.38. The molecule has 3 heteroatoms. The van der Waals surface area contributed by atoms with Gasteiger partial charge in [0.05, 0.1) is 6.61 Å². The van der Waals surface area contributed by atoms with E-state index in [1.165, 1.54) is 0 Å².